The van der Waals surface area contributed by atoms with E-state index < -0.39 is 0 Å². The first-order valence-corrected chi connectivity index (χ1v) is 10.1. The molecule has 0 aliphatic carbocycles. The van der Waals surface area contributed by atoms with Crippen LogP contribution in [-0.2, 0) is 4.79 Å². The molecular formula is C19H23N3O3S. The van der Waals surface area contributed by atoms with E-state index in [-0.39, 0.29) is 23.8 Å². The zero-order chi connectivity index (χ0) is 18.1. The van der Waals surface area contributed by atoms with Gasteiger partial charge in [0.05, 0.1) is 22.5 Å². The van der Waals surface area contributed by atoms with Crippen molar-refractivity contribution >= 4 is 23.2 Å². The Labute approximate surface area is 156 Å². The van der Waals surface area contributed by atoms with Gasteiger partial charge < -0.3 is 14.3 Å². The molecule has 2 fully saturated rings. The molecule has 2 amide bonds. The number of nitrogens with zero attached hydrogens (tertiary/aromatic N) is 3. The Morgan fingerprint density at radius 1 is 1.27 bits per heavy atom. The monoisotopic (exact) mass is 373 g/mol. The third-order valence-electron chi connectivity index (χ3n) is 5.30. The summed E-state index contributed by atoms with van der Waals surface area (Å²) in [4.78, 5) is 30.3. The summed E-state index contributed by atoms with van der Waals surface area (Å²) in [5.41, 5.74) is 0.838. The highest BCUT2D eigenvalue weighted by Crippen LogP contribution is 2.34. The molecule has 26 heavy (non-hydrogen) atoms. The molecular weight excluding hydrogens is 350 g/mol. The van der Waals surface area contributed by atoms with Gasteiger partial charge in [0.15, 0.2) is 5.76 Å². The number of hydrogen-bond donors (Lipinski definition) is 0. The van der Waals surface area contributed by atoms with Crippen molar-refractivity contribution in [1.82, 2.24) is 15.0 Å². The van der Waals surface area contributed by atoms with Gasteiger partial charge in [0.25, 0.3) is 5.91 Å². The maximum atomic E-state index is 13.2. The maximum absolute atomic E-state index is 13.2. The quantitative estimate of drug-likeness (QED) is 0.828. The zero-order valence-corrected chi connectivity index (χ0v) is 15.7. The number of carbonyl (C=O) groups is 2. The average Bonchev–Trinajstić information content (AvgIpc) is 3.41. The molecule has 7 heteroatoms. The van der Waals surface area contributed by atoms with Crippen LogP contribution in [0.1, 0.15) is 52.9 Å². The van der Waals surface area contributed by atoms with Crippen LogP contribution in [0.25, 0.3) is 0 Å². The number of aromatic nitrogens is 1. The first kappa shape index (κ1) is 17.3. The number of rotatable bonds is 3. The number of carbonyl (C=O) groups excluding carboxylic acids is 2. The Hall–Kier alpha value is -2.15. The number of hydrogen-bond acceptors (Lipinski definition) is 5. The summed E-state index contributed by atoms with van der Waals surface area (Å²) < 4.78 is 5.42. The summed E-state index contributed by atoms with van der Waals surface area (Å²) in [6.07, 6.45) is 3.59. The lowest BCUT2D eigenvalue weighted by Crippen LogP contribution is -2.46. The van der Waals surface area contributed by atoms with Crippen LogP contribution >= 0.6 is 11.3 Å². The molecule has 6 nitrogen and oxygen atoms in total. The van der Waals surface area contributed by atoms with Gasteiger partial charge in [-0.25, -0.2) is 0 Å². The molecule has 2 aliphatic heterocycles. The largest absolute Gasteiger partial charge is 0.359 e. The average molecular weight is 373 g/mol. The van der Waals surface area contributed by atoms with Gasteiger partial charge >= 0.3 is 0 Å². The fraction of sp³-hybridized carbons (Fsp3) is 0.526. The summed E-state index contributed by atoms with van der Waals surface area (Å²) in [7, 11) is 0. The summed E-state index contributed by atoms with van der Waals surface area (Å²) in [6.45, 7) is 3.88. The van der Waals surface area contributed by atoms with Gasteiger partial charge in [-0.15, -0.1) is 11.3 Å². The van der Waals surface area contributed by atoms with Crippen LogP contribution in [0.4, 0.5) is 0 Å². The first-order chi connectivity index (χ1) is 12.6. The van der Waals surface area contributed by atoms with Crippen molar-refractivity contribution in [2.45, 2.75) is 38.6 Å². The zero-order valence-electron chi connectivity index (χ0n) is 14.9. The fourth-order valence-corrected chi connectivity index (χ4v) is 4.71. The molecule has 0 unspecified atom stereocenters. The number of piperidine rings is 1. The molecule has 0 saturated carbocycles. The van der Waals surface area contributed by atoms with Crippen molar-refractivity contribution in [3.63, 3.8) is 0 Å². The molecule has 2 saturated heterocycles. The lowest BCUT2D eigenvalue weighted by molar-refractivity contribution is -0.138. The highest BCUT2D eigenvalue weighted by atomic mass is 32.1. The lowest BCUT2D eigenvalue weighted by atomic mass is 9.95. The number of thiophene rings is 1. The Kier molecular flexibility index (Phi) is 4.80. The first-order valence-electron chi connectivity index (χ1n) is 9.20. The SMILES string of the molecule is Cc1cc([C@H]2CCCN2C(=O)[C@H]2CCCN(C(=O)c3cccs3)C2)on1. The summed E-state index contributed by atoms with van der Waals surface area (Å²) in [5, 5.41) is 5.88. The Balaban J connectivity index is 1.46. The van der Waals surface area contributed by atoms with Crippen LogP contribution in [0.2, 0.25) is 0 Å². The molecule has 0 radical (unpaired) electrons. The highest BCUT2D eigenvalue weighted by Gasteiger charge is 2.38. The normalized spacial score (nSPS) is 23.4. The van der Waals surface area contributed by atoms with E-state index in [1.807, 2.05) is 40.3 Å². The van der Waals surface area contributed by atoms with Crippen LogP contribution in [-0.4, -0.2) is 46.4 Å². The summed E-state index contributed by atoms with van der Waals surface area (Å²) in [6, 6.07) is 5.64. The number of amides is 2. The van der Waals surface area contributed by atoms with Gasteiger partial charge in [0.1, 0.15) is 0 Å². The molecule has 2 aromatic heterocycles. The Morgan fingerprint density at radius 2 is 2.12 bits per heavy atom. The molecule has 4 heterocycles. The van der Waals surface area contributed by atoms with Gasteiger partial charge in [-0.3, -0.25) is 9.59 Å². The van der Waals surface area contributed by atoms with Crippen LogP contribution in [0.5, 0.6) is 0 Å². The Morgan fingerprint density at radius 3 is 2.85 bits per heavy atom. The second-order valence-electron chi connectivity index (χ2n) is 7.13. The predicted octanol–water partition coefficient (Wildman–Crippen LogP) is 3.26. The van der Waals surface area contributed by atoms with Crippen molar-refractivity contribution in [1.29, 1.82) is 0 Å². The molecule has 0 aromatic carbocycles. The van der Waals surface area contributed by atoms with Gasteiger partial charge in [0, 0.05) is 25.7 Å². The molecule has 2 atom stereocenters. The van der Waals surface area contributed by atoms with E-state index in [9.17, 15) is 9.59 Å². The molecule has 2 aromatic rings. The highest BCUT2D eigenvalue weighted by molar-refractivity contribution is 7.12. The standard InChI is InChI=1S/C19H23N3O3S/c1-13-11-16(25-20-13)15-6-3-9-22(15)18(23)14-5-2-8-21(12-14)19(24)17-7-4-10-26-17/h4,7,10-11,14-15H,2-3,5-6,8-9,12H2,1H3/t14-,15+/m0/s1. The van der Waals surface area contributed by atoms with Crippen LogP contribution < -0.4 is 0 Å². The summed E-state index contributed by atoms with van der Waals surface area (Å²) in [5.74, 6) is 0.833. The minimum Gasteiger partial charge on any atom is -0.359 e. The minimum atomic E-state index is -0.128. The third-order valence-corrected chi connectivity index (χ3v) is 6.16. The van der Waals surface area contributed by atoms with E-state index in [0.29, 0.717) is 6.54 Å². The fourth-order valence-electron chi connectivity index (χ4n) is 4.02. The van der Waals surface area contributed by atoms with Crippen molar-refractivity contribution in [3.05, 3.63) is 39.9 Å². The second kappa shape index (κ2) is 7.23. The van der Waals surface area contributed by atoms with Gasteiger partial charge in [-0.1, -0.05) is 11.2 Å². The third kappa shape index (κ3) is 3.28. The van der Waals surface area contributed by atoms with Gasteiger partial charge in [-0.05, 0) is 44.1 Å². The molecule has 0 N–H and O–H groups in total. The van der Waals surface area contributed by atoms with E-state index in [0.717, 1.165) is 55.1 Å². The van der Waals surface area contributed by atoms with E-state index in [4.69, 9.17) is 4.52 Å². The van der Waals surface area contributed by atoms with Gasteiger partial charge in [-0.2, -0.15) is 0 Å². The predicted molar refractivity (Wildman–Crippen MR) is 97.9 cm³/mol. The number of aryl methyl sites for hydroxylation is 1. The van der Waals surface area contributed by atoms with Crippen molar-refractivity contribution in [3.8, 4) is 0 Å². The molecule has 0 bridgehead atoms. The summed E-state index contributed by atoms with van der Waals surface area (Å²) >= 11 is 1.45. The van der Waals surface area contributed by atoms with E-state index in [2.05, 4.69) is 5.16 Å². The Bertz CT molecular complexity index is 786. The second-order valence-corrected chi connectivity index (χ2v) is 8.08. The van der Waals surface area contributed by atoms with Crippen molar-refractivity contribution < 1.29 is 14.1 Å². The topological polar surface area (TPSA) is 66.7 Å². The van der Waals surface area contributed by atoms with E-state index in [1.54, 1.807) is 0 Å². The van der Waals surface area contributed by atoms with E-state index >= 15 is 0 Å². The van der Waals surface area contributed by atoms with Crippen LogP contribution in [0.3, 0.4) is 0 Å². The van der Waals surface area contributed by atoms with Gasteiger partial charge in [0.2, 0.25) is 5.91 Å². The molecule has 4 rings (SSSR count). The van der Waals surface area contributed by atoms with E-state index in [1.165, 1.54) is 11.3 Å². The smallest absolute Gasteiger partial charge is 0.263 e. The maximum Gasteiger partial charge on any atom is 0.263 e. The van der Waals surface area contributed by atoms with Crippen LogP contribution in [0.15, 0.2) is 28.1 Å². The molecule has 0 spiro atoms. The number of likely N-dealkylation sites (tertiary alicyclic amines) is 2. The minimum absolute atomic E-state index is 0.0212. The van der Waals surface area contributed by atoms with Crippen molar-refractivity contribution in [2.24, 2.45) is 5.92 Å². The van der Waals surface area contributed by atoms with Crippen molar-refractivity contribution in [2.75, 3.05) is 19.6 Å². The molecule has 2 aliphatic rings. The molecule has 138 valence electrons. The lowest BCUT2D eigenvalue weighted by Gasteiger charge is -2.35. The van der Waals surface area contributed by atoms with Crippen LogP contribution in [0, 0.1) is 12.8 Å².